The highest BCUT2D eigenvalue weighted by Crippen LogP contribution is 2.44. The SMILES string of the molecule is C[C@@H](OC1CCC2NNC(c3ccc(N4CC5(C4)CN(S(C)(=O)=O)C5)nc3)C2C1)c1c(Cl)cnc(F)c1Cl. The first-order valence-corrected chi connectivity index (χ1v) is 15.5. The van der Waals surface area contributed by atoms with E-state index in [1.54, 1.807) is 0 Å². The molecule has 5 heterocycles. The van der Waals surface area contributed by atoms with E-state index in [2.05, 4.69) is 26.8 Å². The standard InChI is InChI=1S/C25H31Cl2FN6O3S/c1-14(21-18(26)9-30-24(28)22(21)27)37-16-4-5-19-17(7-16)23(32-31-19)15-3-6-20(29-8-15)33-10-25(11-33)12-34(13-25)38(2,35)36/h3,6,8-9,14,16-17,19,23,31-32H,4-5,7,10-13H2,1-2H3/t14-,16?,17?,19?,23?/m1/s1. The molecule has 9 nitrogen and oxygen atoms in total. The highest BCUT2D eigenvalue weighted by atomic mass is 35.5. The maximum absolute atomic E-state index is 13.9. The Morgan fingerprint density at radius 1 is 1.13 bits per heavy atom. The summed E-state index contributed by atoms with van der Waals surface area (Å²) in [4.78, 5) is 10.5. The number of nitrogens with one attached hydrogen (secondary N) is 2. The lowest BCUT2D eigenvalue weighted by Crippen LogP contribution is -2.73. The van der Waals surface area contributed by atoms with Crippen molar-refractivity contribution >= 4 is 39.0 Å². The van der Waals surface area contributed by atoms with Gasteiger partial charge in [-0.2, -0.15) is 4.39 Å². The summed E-state index contributed by atoms with van der Waals surface area (Å²) in [6.07, 6.45) is 6.63. The van der Waals surface area contributed by atoms with Crippen molar-refractivity contribution in [2.45, 2.75) is 50.5 Å². The fourth-order valence-corrected chi connectivity index (χ4v) is 8.15. The van der Waals surface area contributed by atoms with Gasteiger partial charge in [0, 0.05) is 55.6 Å². The third-order valence-electron chi connectivity index (χ3n) is 8.47. The van der Waals surface area contributed by atoms with Gasteiger partial charge < -0.3 is 9.64 Å². The first-order valence-electron chi connectivity index (χ1n) is 12.8. The smallest absolute Gasteiger partial charge is 0.232 e. The van der Waals surface area contributed by atoms with Crippen LogP contribution >= 0.6 is 23.2 Å². The van der Waals surface area contributed by atoms with Gasteiger partial charge in [0.15, 0.2) is 0 Å². The zero-order chi connectivity index (χ0) is 26.8. The number of nitrogens with zero attached hydrogens (tertiary/aromatic N) is 4. The summed E-state index contributed by atoms with van der Waals surface area (Å²) < 4.78 is 45.2. The second kappa shape index (κ2) is 9.79. The van der Waals surface area contributed by atoms with Gasteiger partial charge in [-0.1, -0.05) is 29.3 Å². The first kappa shape index (κ1) is 26.6. The first-order chi connectivity index (χ1) is 18.0. The van der Waals surface area contributed by atoms with Gasteiger partial charge in [-0.25, -0.2) is 28.1 Å². The molecule has 1 aliphatic carbocycles. The van der Waals surface area contributed by atoms with Crippen molar-refractivity contribution in [3.63, 3.8) is 0 Å². The highest BCUT2D eigenvalue weighted by Gasteiger charge is 2.54. The summed E-state index contributed by atoms with van der Waals surface area (Å²) in [7, 11) is -3.10. The van der Waals surface area contributed by atoms with Crippen molar-refractivity contribution in [2.24, 2.45) is 11.3 Å². The fourth-order valence-electron chi connectivity index (χ4n) is 6.49. The number of pyridine rings is 2. The normalized spacial score (nSPS) is 29.6. The van der Waals surface area contributed by atoms with E-state index >= 15 is 0 Å². The van der Waals surface area contributed by atoms with Crippen molar-refractivity contribution in [3.8, 4) is 0 Å². The van der Waals surface area contributed by atoms with Crippen LogP contribution in [0, 0.1) is 17.3 Å². The van der Waals surface area contributed by atoms with E-state index in [9.17, 15) is 12.8 Å². The Morgan fingerprint density at radius 3 is 2.58 bits per heavy atom. The Hall–Kier alpha value is -1.60. The molecule has 1 saturated carbocycles. The number of anilines is 1. The molecule has 4 fully saturated rings. The minimum atomic E-state index is -3.10. The summed E-state index contributed by atoms with van der Waals surface area (Å²) >= 11 is 12.4. The average molecular weight is 586 g/mol. The molecule has 3 aliphatic heterocycles. The molecule has 0 aromatic carbocycles. The molecule has 13 heteroatoms. The van der Waals surface area contributed by atoms with E-state index < -0.39 is 22.1 Å². The van der Waals surface area contributed by atoms with Crippen LogP contribution in [0.15, 0.2) is 24.5 Å². The molecular weight excluding hydrogens is 554 g/mol. The molecule has 2 aromatic rings. The molecule has 206 valence electrons. The zero-order valence-electron chi connectivity index (χ0n) is 21.2. The van der Waals surface area contributed by atoms with E-state index in [0.717, 1.165) is 43.7 Å². The molecule has 4 aliphatic rings. The van der Waals surface area contributed by atoms with E-state index in [0.29, 0.717) is 35.6 Å². The maximum Gasteiger partial charge on any atom is 0.232 e. The zero-order valence-corrected chi connectivity index (χ0v) is 23.5. The van der Waals surface area contributed by atoms with Gasteiger partial charge in [0.25, 0.3) is 0 Å². The Balaban J connectivity index is 1.07. The number of rotatable bonds is 6. The predicted molar refractivity (Wildman–Crippen MR) is 143 cm³/mol. The number of ether oxygens (including phenoxy) is 1. The van der Waals surface area contributed by atoms with Gasteiger partial charge in [0.2, 0.25) is 16.0 Å². The molecule has 2 N–H and O–H groups in total. The number of hydrazine groups is 1. The molecule has 1 spiro atoms. The summed E-state index contributed by atoms with van der Waals surface area (Å²) in [5.74, 6) is 0.469. The Labute approximate surface area is 232 Å². The van der Waals surface area contributed by atoms with Gasteiger partial charge >= 0.3 is 0 Å². The Bertz CT molecular complexity index is 1320. The van der Waals surface area contributed by atoms with E-state index in [1.165, 1.54) is 16.8 Å². The number of hydrogen-bond acceptors (Lipinski definition) is 8. The summed E-state index contributed by atoms with van der Waals surface area (Å²) in [6.45, 7) is 4.68. The molecule has 4 unspecified atom stereocenters. The maximum atomic E-state index is 13.9. The van der Waals surface area contributed by atoms with Crippen LogP contribution in [0.4, 0.5) is 10.2 Å². The van der Waals surface area contributed by atoms with Crippen molar-refractivity contribution < 1.29 is 17.5 Å². The molecule has 5 atom stereocenters. The third kappa shape index (κ3) is 4.80. The van der Waals surface area contributed by atoms with Crippen LogP contribution in [0.1, 0.15) is 49.5 Å². The second-order valence-corrected chi connectivity index (χ2v) is 14.0. The Kier molecular flexibility index (Phi) is 6.86. The quantitative estimate of drug-likeness (QED) is 0.498. The highest BCUT2D eigenvalue weighted by molar-refractivity contribution is 7.88. The van der Waals surface area contributed by atoms with E-state index in [-0.39, 0.29) is 22.6 Å². The minimum absolute atomic E-state index is 0.0164. The molecule has 3 saturated heterocycles. The molecular formula is C25H31Cl2FN6O3S. The van der Waals surface area contributed by atoms with E-state index in [4.69, 9.17) is 32.9 Å². The lowest BCUT2D eigenvalue weighted by atomic mass is 9.74. The lowest BCUT2D eigenvalue weighted by molar-refractivity contribution is -0.0371. The van der Waals surface area contributed by atoms with Crippen LogP contribution in [0.5, 0.6) is 0 Å². The topological polar surface area (TPSA) is 99.7 Å². The van der Waals surface area contributed by atoms with Crippen LogP contribution in [-0.2, 0) is 14.8 Å². The van der Waals surface area contributed by atoms with Crippen LogP contribution in [0.2, 0.25) is 10.0 Å². The number of aromatic nitrogens is 2. The molecule has 2 aromatic heterocycles. The van der Waals surface area contributed by atoms with Crippen LogP contribution in [-0.4, -0.2) is 67.3 Å². The fraction of sp³-hybridized carbons (Fsp3) is 0.600. The number of halogens is 3. The van der Waals surface area contributed by atoms with Crippen molar-refractivity contribution in [3.05, 3.63) is 51.6 Å². The van der Waals surface area contributed by atoms with Gasteiger partial charge in [0.05, 0.1) is 29.5 Å². The van der Waals surface area contributed by atoms with Crippen molar-refractivity contribution in [2.75, 3.05) is 37.3 Å². The van der Waals surface area contributed by atoms with Crippen LogP contribution < -0.4 is 15.8 Å². The third-order valence-corrected chi connectivity index (χ3v) is 10.3. The second-order valence-electron chi connectivity index (χ2n) is 11.2. The summed E-state index contributed by atoms with van der Waals surface area (Å²) in [5.41, 5.74) is 8.50. The minimum Gasteiger partial charge on any atom is -0.370 e. The average Bonchev–Trinajstić information content (AvgIpc) is 3.23. The number of sulfonamides is 1. The van der Waals surface area contributed by atoms with Gasteiger partial charge in [-0.05, 0) is 43.7 Å². The van der Waals surface area contributed by atoms with Crippen molar-refractivity contribution in [1.82, 2.24) is 25.1 Å². The number of hydrogen-bond donors (Lipinski definition) is 2. The summed E-state index contributed by atoms with van der Waals surface area (Å²) in [6, 6.07) is 4.58. The largest absolute Gasteiger partial charge is 0.370 e. The molecule has 0 amide bonds. The van der Waals surface area contributed by atoms with Gasteiger partial charge in [0.1, 0.15) is 10.8 Å². The molecule has 6 rings (SSSR count). The molecule has 0 bridgehead atoms. The van der Waals surface area contributed by atoms with Gasteiger partial charge in [-0.15, -0.1) is 0 Å². The van der Waals surface area contributed by atoms with Crippen LogP contribution in [0.25, 0.3) is 0 Å². The van der Waals surface area contributed by atoms with E-state index in [1.807, 2.05) is 19.2 Å². The molecule has 38 heavy (non-hydrogen) atoms. The summed E-state index contributed by atoms with van der Waals surface area (Å²) in [5, 5.41) is 0.203. The van der Waals surface area contributed by atoms with Crippen LogP contribution in [0.3, 0.4) is 0 Å². The van der Waals surface area contributed by atoms with Gasteiger partial charge in [-0.3, -0.25) is 5.43 Å². The predicted octanol–water partition coefficient (Wildman–Crippen LogP) is 3.47. The Morgan fingerprint density at radius 2 is 1.89 bits per heavy atom. The lowest BCUT2D eigenvalue weighted by Gasteiger charge is -2.59. The molecule has 0 radical (unpaired) electrons. The number of fused-ring (bicyclic) bond motifs is 1. The van der Waals surface area contributed by atoms with Crippen molar-refractivity contribution in [1.29, 1.82) is 0 Å². The monoisotopic (exact) mass is 584 g/mol.